The van der Waals surface area contributed by atoms with Crippen molar-refractivity contribution in [1.29, 1.82) is 0 Å². The molecule has 0 saturated heterocycles. The highest BCUT2D eigenvalue weighted by atomic mass is 79.9. The molecule has 1 unspecified atom stereocenters. The van der Waals surface area contributed by atoms with Crippen LogP contribution in [-0.2, 0) is 10.5 Å². The minimum Gasteiger partial charge on any atom is -0.480 e. The summed E-state index contributed by atoms with van der Waals surface area (Å²) in [6.07, 6.45) is 0. The van der Waals surface area contributed by atoms with Crippen molar-refractivity contribution in [3.63, 3.8) is 0 Å². The summed E-state index contributed by atoms with van der Waals surface area (Å²) in [5.74, 6) is 0.569. The van der Waals surface area contributed by atoms with Crippen LogP contribution < -0.4 is 0 Å². The fourth-order valence-corrected chi connectivity index (χ4v) is 1.76. The summed E-state index contributed by atoms with van der Waals surface area (Å²) >= 11 is 4.51. The van der Waals surface area contributed by atoms with Gasteiger partial charge in [-0.25, -0.2) is 0 Å². The van der Waals surface area contributed by atoms with Gasteiger partial charge in [0.2, 0.25) is 0 Å². The van der Waals surface area contributed by atoms with Crippen molar-refractivity contribution in [3.8, 4) is 0 Å². The Morgan fingerprint density at radius 3 is 2.92 bits per heavy atom. The van der Waals surface area contributed by atoms with Crippen molar-refractivity contribution in [3.05, 3.63) is 22.6 Å². The summed E-state index contributed by atoms with van der Waals surface area (Å²) < 4.78 is 5.89. The molecule has 72 valence electrons. The summed E-state index contributed by atoms with van der Waals surface area (Å²) in [5.41, 5.74) is 0. The van der Waals surface area contributed by atoms with Crippen LogP contribution in [0.3, 0.4) is 0 Å². The van der Waals surface area contributed by atoms with Gasteiger partial charge in [-0.2, -0.15) is 0 Å². The average Bonchev–Trinajstić information content (AvgIpc) is 2.47. The Morgan fingerprint density at radius 2 is 2.46 bits per heavy atom. The average molecular weight is 265 g/mol. The minimum absolute atomic E-state index is 0.399. The first-order chi connectivity index (χ1) is 6.09. The minimum atomic E-state index is -0.796. The van der Waals surface area contributed by atoms with Gasteiger partial charge in [0.05, 0.1) is 11.0 Å². The SMILES string of the molecule is CC(SCc1ccc(Br)o1)C(=O)O. The van der Waals surface area contributed by atoms with Gasteiger partial charge in [0.25, 0.3) is 0 Å². The van der Waals surface area contributed by atoms with Crippen LogP contribution in [0.15, 0.2) is 21.2 Å². The Balaban J connectivity index is 2.39. The van der Waals surface area contributed by atoms with Crippen molar-refractivity contribution in [1.82, 2.24) is 0 Å². The largest absolute Gasteiger partial charge is 0.480 e. The maximum absolute atomic E-state index is 10.5. The molecule has 1 rings (SSSR count). The van der Waals surface area contributed by atoms with Gasteiger partial charge in [-0.15, -0.1) is 11.8 Å². The van der Waals surface area contributed by atoms with E-state index >= 15 is 0 Å². The normalized spacial score (nSPS) is 12.8. The fraction of sp³-hybridized carbons (Fsp3) is 0.375. The van der Waals surface area contributed by atoms with Crippen molar-refractivity contribution >= 4 is 33.7 Å². The molecule has 1 N–H and O–H groups in total. The maximum Gasteiger partial charge on any atom is 0.316 e. The Hall–Kier alpha value is -0.420. The molecular formula is C8H9BrO3S. The number of rotatable bonds is 4. The van der Waals surface area contributed by atoms with E-state index in [0.29, 0.717) is 10.4 Å². The predicted molar refractivity (Wildman–Crippen MR) is 54.8 cm³/mol. The number of thioether (sulfide) groups is 1. The third kappa shape index (κ3) is 3.44. The van der Waals surface area contributed by atoms with Crippen LogP contribution in [0.1, 0.15) is 12.7 Å². The summed E-state index contributed by atoms with van der Waals surface area (Å²) in [6.45, 7) is 1.66. The lowest BCUT2D eigenvalue weighted by Crippen LogP contribution is -2.11. The van der Waals surface area contributed by atoms with Crippen molar-refractivity contribution in [2.24, 2.45) is 0 Å². The summed E-state index contributed by atoms with van der Waals surface area (Å²) in [5, 5.41) is 8.21. The lowest BCUT2D eigenvalue weighted by Gasteiger charge is -2.02. The van der Waals surface area contributed by atoms with Gasteiger partial charge in [0.15, 0.2) is 4.67 Å². The third-order valence-electron chi connectivity index (χ3n) is 1.45. The first-order valence-corrected chi connectivity index (χ1v) is 5.52. The summed E-state index contributed by atoms with van der Waals surface area (Å²) in [6, 6.07) is 3.62. The molecule has 13 heavy (non-hydrogen) atoms. The number of aliphatic carboxylic acids is 1. The molecule has 0 bridgehead atoms. The van der Waals surface area contributed by atoms with Gasteiger partial charge in [0.1, 0.15) is 5.76 Å². The number of hydrogen-bond donors (Lipinski definition) is 1. The van der Waals surface area contributed by atoms with Crippen LogP contribution in [0.5, 0.6) is 0 Å². The van der Waals surface area contributed by atoms with Gasteiger partial charge >= 0.3 is 5.97 Å². The van der Waals surface area contributed by atoms with E-state index in [0.717, 1.165) is 5.76 Å². The number of furan rings is 1. The molecule has 5 heteroatoms. The number of carbonyl (C=O) groups is 1. The van der Waals surface area contributed by atoms with Crippen LogP contribution in [0.4, 0.5) is 0 Å². The predicted octanol–water partition coefficient (Wildman–Crippen LogP) is 2.75. The lowest BCUT2D eigenvalue weighted by atomic mass is 10.5. The highest BCUT2D eigenvalue weighted by Crippen LogP contribution is 2.21. The van der Waals surface area contributed by atoms with E-state index in [1.54, 1.807) is 13.0 Å². The van der Waals surface area contributed by atoms with E-state index in [1.165, 1.54) is 11.8 Å². The number of hydrogen-bond acceptors (Lipinski definition) is 3. The second kappa shape index (κ2) is 4.72. The summed E-state index contributed by atoms with van der Waals surface area (Å²) in [4.78, 5) is 10.5. The van der Waals surface area contributed by atoms with Crippen LogP contribution in [0, 0.1) is 0 Å². The van der Waals surface area contributed by atoms with E-state index in [2.05, 4.69) is 15.9 Å². The third-order valence-corrected chi connectivity index (χ3v) is 3.03. The topological polar surface area (TPSA) is 50.4 Å². The van der Waals surface area contributed by atoms with Crippen LogP contribution >= 0.6 is 27.7 Å². The highest BCUT2D eigenvalue weighted by molar-refractivity contribution is 9.10. The molecule has 0 spiro atoms. The Morgan fingerprint density at radius 1 is 1.77 bits per heavy atom. The molecule has 0 aliphatic rings. The van der Waals surface area contributed by atoms with Crippen LogP contribution in [-0.4, -0.2) is 16.3 Å². The van der Waals surface area contributed by atoms with E-state index in [9.17, 15) is 4.79 Å². The van der Waals surface area contributed by atoms with E-state index in [-0.39, 0.29) is 0 Å². The summed E-state index contributed by atoms with van der Waals surface area (Å²) in [7, 11) is 0. The molecule has 3 nitrogen and oxygen atoms in total. The molecule has 0 saturated carbocycles. The van der Waals surface area contributed by atoms with E-state index < -0.39 is 11.2 Å². The quantitative estimate of drug-likeness (QED) is 0.909. The van der Waals surface area contributed by atoms with Crippen LogP contribution in [0.25, 0.3) is 0 Å². The molecule has 0 aliphatic carbocycles. The van der Waals surface area contributed by atoms with Crippen LogP contribution in [0.2, 0.25) is 0 Å². The van der Waals surface area contributed by atoms with Gasteiger partial charge in [0, 0.05) is 0 Å². The molecular weight excluding hydrogens is 256 g/mol. The fourth-order valence-electron chi connectivity index (χ4n) is 0.708. The number of halogens is 1. The standard InChI is InChI=1S/C8H9BrO3S/c1-5(8(10)11)13-4-6-2-3-7(9)12-6/h2-3,5H,4H2,1H3,(H,10,11). The van der Waals surface area contributed by atoms with E-state index in [4.69, 9.17) is 9.52 Å². The molecule has 0 aliphatic heterocycles. The van der Waals surface area contributed by atoms with Gasteiger partial charge < -0.3 is 9.52 Å². The zero-order chi connectivity index (χ0) is 9.84. The second-order valence-corrected chi connectivity index (χ2v) is 4.61. The molecule has 1 aromatic heterocycles. The zero-order valence-corrected chi connectivity index (χ0v) is 9.39. The molecule has 1 heterocycles. The highest BCUT2D eigenvalue weighted by Gasteiger charge is 2.11. The Bertz CT molecular complexity index is 297. The molecule has 0 amide bonds. The second-order valence-electron chi connectivity index (χ2n) is 2.50. The molecule has 1 aromatic rings. The van der Waals surface area contributed by atoms with E-state index in [1.807, 2.05) is 6.07 Å². The Kier molecular flexibility index (Phi) is 3.87. The number of carboxylic acids is 1. The number of carboxylic acid groups (broad SMARTS) is 1. The van der Waals surface area contributed by atoms with Gasteiger partial charge in [-0.1, -0.05) is 0 Å². The van der Waals surface area contributed by atoms with Crippen molar-refractivity contribution in [2.75, 3.05) is 0 Å². The van der Waals surface area contributed by atoms with Crippen molar-refractivity contribution < 1.29 is 14.3 Å². The van der Waals surface area contributed by atoms with Gasteiger partial charge in [-0.05, 0) is 35.0 Å². The first-order valence-electron chi connectivity index (χ1n) is 3.68. The first kappa shape index (κ1) is 10.7. The monoisotopic (exact) mass is 264 g/mol. The zero-order valence-electron chi connectivity index (χ0n) is 6.99. The Labute approximate surface area is 88.6 Å². The molecule has 0 fully saturated rings. The smallest absolute Gasteiger partial charge is 0.316 e. The molecule has 0 radical (unpaired) electrons. The maximum atomic E-state index is 10.5. The van der Waals surface area contributed by atoms with Crippen molar-refractivity contribution in [2.45, 2.75) is 17.9 Å². The molecule has 1 atom stereocenters. The van der Waals surface area contributed by atoms with Gasteiger partial charge in [-0.3, -0.25) is 4.79 Å². The molecule has 0 aromatic carbocycles. The lowest BCUT2D eigenvalue weighted by molar-refractivity contribution is -0.136.